The number of rotatable bonds is 9. The summed E-state index contributed by atoms with van der Waals surface area (Å²) in [6.45, 7) is 5.61. The molecule has 0 aromatic heterocycles. The standard InChI is InChI=1S/C18H29N/c1-3-13-19-18(11-9-16-7-8-16)12-10-17-6-4-5-15(2)14-17/h4-6,14,16,18-19H,3,7-13H2,1-2H3. The van der Waals surface area contributed by atoms with E-state index in [2.05, 4.69) is 43.4 Å². The van der Waals surface area contributed by atoms with E-state index in [1.807, 2.05) is 0 Å². The Labute approximate surface area is 118 Å². The Morgan fingerprint density at radius 1 is 1.26 bits per heavy atom. The normalized spacial score (nSPS) is 16.5. The summed E-state index contributed by atoms with van der Waals surface area (Å²) in [7, 11) is 0. The SMILES string of the molecule is CCCNC(CCc1cccc(C)c1)CCC1CC1. The largest absolute Gasteiger partial charge is 0.314 e. The lowest BCUT2D eigenvalue weighted by molar-refractivity contribution is 0.431. The molecule has 1 fully saturated rings. The first kappa shape index (κ1) is 14.6. The molecule has 106 valence electrons. The Morgan fingerprint density at radius 2 is 2.11 bits per heavy atom. The van der Waals surface area contributed by atoms with Gasteiger partial charge in [0.15, 0.2) is 0 Å². The Morgan fingerprint density at radius 3 is 2.79 bits per heavy atom. The van der Waals surface area contributed by atoms with E-state index in [0.717, 1.165) is 12.0 Å². The first-order valence-electron chi connectivity index (χ1n) is 8.07. The molecule has 1 unspecified atom stereocenters. The van der Waals surface area contributed by atoms with Gasteiger partial charge in [-0.15, -0.1) is 0 Å². The second kappa shape index (κ2) is 7.69. The zero-order chi connectivity index (χ0) is 13.5. The van der Waals surface area contributed by atoms with E-state index in [-0.39, 0.29) is 0 Å². The topological polar surface area (TPSA) is 12.0 Å². The van der Waals surface area contributed by atoms with Crippen LogP contribution in [0.1, 0.15) is 56.6 Å². The Kier molecular flexibility index (Phi) is 5.91. The van der Waals surface area contributed by atoms with E-state index in [1.165, 1.54) is 62.6 Å². The predicted molar refractivity (Wildman–Crippen MR) is 83.5 cm³/mol. The van der Waals surface area contributed by atoms with Crippen LogP contribution in [0.25, 0.3) is 0 Å². The van der Waals surface area contributed by atoms with Gasteiger partial charge in [0.05, 0.1) is 0 Å². The summed E-state index contributed by atoms with van der Waals surface area (Å²) in [5.74, 6) is 1.06. The molecule has 0 heterocycles. The van der Waals surface area contributed by atoms with Crippen molar-refractivity contribution in [3.05, 3.63) is 35.4 Å². The second-order valence-electron chi connectivity index (χ2n) is 6.20. The van der Waals surface area contributed by atoms with Crippen LogP contribution < -0.4 is 5.32 Å². The smallest absolute Gasteiger partial charge is 0.00703 e. The third kappa shape index (κ3) is 5.78. The Bertz CT molecular complexity index is 368. The van der Waals surface area contributed by atoms with Crippen molar-refractivity contribution in [1.29, 1.82) is 0 Å². The molecule has 1 atom stereocenters. The highest BCUT2D eigenvalue weighted by molar-refractivity contribution is 5.22. The molecule has 0 saturated heterocycles. The van der Waals surface area contributed by atoms with Gasteiger partial charge in [-0.1, -0.05) is 49.6 Å². The molecule has 1 aliphatic rings. The molecule has 1 aliphatic carbocycles. The summed E-state index contributed by atoms with van der Waals surface area (Å²) in [4.78, 5) is 0. The van der Waals surface area contributed by atoms with Gasteiger partial charge in [0.25, 0.3) is 0 Å². The van der Waals surface area contributed by atoms with Crippen LogP contribution in [0.2, 0.25) is 0 Å². The monoisotopic (exact) mass is 259 g/mol. The summed E-state index contributed by atoms with van der Waals surface area (Å²) in [6.07, 6.45) is 9.52. The van der Waals surface area contributed by atoms with Crippen LogP contribution in [-0.4, -0.2) is 12.6 Å². The number of nitrogens with one attached hydrogen (secondary N) is 1. The number of hydrogen-bond acceptors (Lipinski definition) is 1. The molecule has 0 amide bonds. The zero-order valence-corrected chi connectivity index (χ0v) is 12.6. The molecule has 1 nitrogen and oxygen atoms in total. The van der Waals surface area contributed by atoms with Crippen molar-refractivity contribution in [2.75, 3.05) is 6.54 Å². The van der Waals surface area contributed by atoms with E-state index in [4.69, 9.17) is 0 Å². The quantitative estimate of drug-likeness (QED) is 0.689. The van der Waals surface area contributed by atoms with Gasteiger partial charge < -0.3 is 5.32 Å². The molecule has 0 bridgehead atoms. The Balaban J connectivity index is 1.76. The van der Waals surface area contributed by atoms with E-state index in [9.17, 15) is 0 Å². The van der Waals surface area contributed by atoms with Gasteiger partial charge in [0, 0.05) is 6.04 Å². The minimum Gasteiger partial charge on any atom is -0.314 e. The number of hydrogen-bond donors (Lipinski definition) is 1. The van der Waals surface area contributed by atoms with E-state index >= 15 is 0 Å². The van der Waals surface area contributed by atoms with E-state index < -0.39 is 0 Å². The van der Waals surface area contributed by atoms with Crippen LogP contribution in [0.15, 0.2) is 24.3 Å². The zero-order valence-electron chi connectivity index (χ0n) is 12.6. The van der Waals surface area contributed by atoms with E-state index in [1.54, 1.807) is 0 Å². The van der Waals surface area contributed by atoms with Gasteiger partial charge in [-0.3, -0.25) is 0 Å². The van der Waals surface area contributed by atoms with Crippen LogP contribution in [0.3, 0.4) is 0 Å². The lowest BCUT2D eigenvalue weighted by atomic mass is 9.99. The highest BCUT2D eigenvalue weighted by Crippen LogP contribution is 2.34. The van der Waals surface area contributed by atoms with Crippen LogP contribution in [-0.2, 0) is 6.42 Å². The van der Waals surface area contributed by atoms with Crippen molar-refractivity contribution < 1.29 is 0 Å². The fourth-order valence-electron chi connectivity index (χ4n) is 2.75. The van der Waals surface area contributed by atoms with Gasteiger partial charge in [0.2, 0.25) is 0 Å². The lowest BCUT2D eigenvalue weighted by Gasteiger charge is -2.18. The highest BCUT2D eigenvalue weighted by Gasteiger charge is 2.22. The maximum absolute atomic E-state index is 3.74. The summed E-state index contributed by atoms with van der Waals surface area (Å²) in [5, 5.41) is 3.74. The number of aryl methyl sites for hydroxylation is 2. The van der Waals surface area contributed by atoms with Crippen LogP contribution in [0.4, 0.5) is 0 Å². The maximum Gasteiger partial charge on any atom is 0.00703 e. The molecule has 1 aromatic carbocycles. The van der Waals surface area contributed by atoms with Gasteiger partial charge in [-0.2, -0.15) is 0 Å². The number of benzene rings is 1. The predicted octanol–water partition coefficient (Wildman–Crippen LogP) is 4.49. The van der Waals surface area contributed by atoms with Gasteiger partial charge in [-0.05, 0) is 57.1 Å². The average molecular weight is 259 g/mol. The van der Waals surface area contributed by atoms with Crippen molar-refractivity contribution in [3.8, 4) is 0 Å². The molecule has 0 aliphatic heterocycles. The van der Waals surface area contributed by atoms with Gasteiger partial charge in [-0.25, -0.2) is 0 Å². The third-order valence-electron chi connectivity index (χ3n) is 4.17. The first-order chi connectivity index (χ1) is 9.28. The van der Waals surface area contributed by atoms with Crippen molar-refractivity contribution in [2.45, 2.75) is 64.8 Å². The molecular formula is C18H29N. The fourth-order valence-corrected chi connectivity index (χ4v) is 2.75. The van der Waals surface area contributed by atoms with Crippen LogP contribution in [0.5, 0.6) is 0 Å². The minimum atomic E-state index is 0.723. The molecule has 1 saturated carbocycles. The fraction of sp³-hybridized carbons (Fsp3) is 0.667. The summed E-state index contributed by atoms with van der Waals surface area (Å²) in [5.41, 5.74) is 2.88. The van der Waals surface area contributed by atoms with Gasteiger partial charge in [0.1, 0.15) is 0 Å². The van der Waals surface area contributed by atoms with E-state index in [0.29, 0.717) is 0 Å². The van der Waals surface area contributed by atoms with Crippen LogP contribution in [0, 0.1) is 12.8 Å². The highest BCUT2D eigenvalue weighted by atomic mass is 14.9. The summed E-state index contributed by atoms with van der Waals surface area (Å²) >= 11 is 0. The summed E-state index contributed by atoms with van der Waals surface area (Å²) in [6, 6.07) is 9.69. The second-order valence-corrected chi connectivity index (χ2v) is 6.20. The third-order valence-corrected chi connectivity index (χ3v) is 4.17. The lowest BCUT2D eigenvalue weighted by Crippen LogP contribution is -2.30. The molecule has 19 heavy (non-hydrogen) atoms. The molecular weight excluding hydrogens is 230 g/mol. The maximum atomic E-state index is 3.74. The van der Waals surface area contributed by atoms with Crippen LogP contribution >= 0.6 is 0 Å². The molecule has 2 rings (SSSR count). The average Bonchev–Trinajstić information content (AvgIpc) is 3.22. The van der Waals surface area contributed by atoms with Crippen molar-refractivity contribution in [1.82, 2.24) is 5.32 Å². The molecule has 1 heteroatoms. The summed E-state index contributed by atoms with van der Waals surface area (Å²) < 4.78 is 0. The van der Waals surface area contributed by atoms with Crippen molar-refractivity contribution in [3.63, 3.8) is 0 Å². The Hall–Kier alpha value is -0.820. The minimum absolute atomic E-state index is 0.723. The van der Waals surface area contributed by atoms with Gasteiger partial charge >= 0.3 is 0 Å². The van der Waals surface area contributed by atoms with Crippen molar-refractivity contribution in [2.24, 2.45) is 5.92 Å². The first-order valence-corrected chi connectivity index (χ1v) is 8.07. The molecule has 1 aromatic rings. The molecule has 0 spiro atoms. The van der Waals surface area contributed by atoms with Crippen molar-refractivity contribution >= 4 is 0 Å². The molecule has 0 radical (unpaired) electrons. The molecule has 1 N–H and O–H groups in total.